The highest BCUT2D eigenvalue weighted by Crippen LogP contribution is 2.22. The van der Waals surface area contributed by atoms with Gasteiger partial charge in [-0.15, -0.1) is 0 Å². The lowest BCUT2D eigenvalue weighted by molar-refractivity contribution is 1.64. The summed E-state index contributed by atoms with van der Waals surface area (Å²) < 4.78 is 0. The van der Waals surface area contributed by atoms with E-state index in [1.165, 1.54) is 21.9 Å². The van der Waals surface area contributed by atoms with E-state index in [0.29, 0.717) is 0 Å². The summed E-state index contributed by atoms with van der Waals surface area (Å²) in [4.78, 5) is 0. The van der Waals surface area contributed by atoms with Gasteiger partial charge in [-0.1, -0.05) is 67.3 Å². The standard InChI is InChI=1S/C17H16/c1-3-7-14(8-4-2)17-12-11-15-9-5-6-10-16(15)13-17/h3-13H,1H2,2H3/b8-4-,14-7+. The maximum Gasteiger partial charge on any atom is -0.0178 e. The summed E-state index contributed by atoms with van der Waals surface area (Å²) in [5, 5.41) is 2.54. The summed E-state index contributed by atoms with van der Waals surface area (Å²) in [5.41, 5.74) is 2.41. The van der Waals surface area contributed by atoms with Crippen molar-refractivity contribution in [3.63, 3.8) is 0 Å². The number of hydrogen-bond donors (Lipinski definition) is 0. The highest BCUT2D eigenvalue weighted by atomic mass is 14.0. The van der Waals surface area contributed by atoms with Crippen molar-refractivity contribution in [3.05, 3.63) is 78.9 Å². The summed E-state index contributed by atoms with van der Waals surface area (Å²) in [5.74, 6) is 0. The van der Waals surface area contributed by atoms with Crippen molar-refractivity contribution in [2.45, 2.75) is 6.92 Å². The number of fused-ring (bicyclic) bond motifs is 1. The first kappa shape index (κ1) is 11.4. The fourth-order valence-corrected chi connectivity index (χ4v) is 1.92. The Morgan fingerprint density at radius 3 is 2.53 bits per heavy atom. The van der Waals surface area contributed by atoms with E-state index in [-0.39, 0.29) is 0 Å². The molecule has 17 heavy (non-hydrogen) atoms. The van der Waals surface area contributed by atoms with Gasteiger partial charge in [-0.3, -0.25) is 0 Å². The van der Waals surface area contributed by atoms with E-state index in [1.807, 2.05) is 25.2 Å². The Labute approximate surface area is 103 Å². The Morgan fingerprint density at radius 1 is 1.06 bits per heavy atom. The Bertz CT molecular complexity index is 586. The van der Waals surface area contributed by atoms with Crippen molar-refractivity contribution in [1.29, 1.82) is 0 Å². The van der Waals surface area contributed by atoms with Crippen LogP contribution in [0.3, 0.4) is 0 Å². The van der Waals surface area contributed by atoms with Crippen molar-refractivity contribution < 1.29 is 0 Å². The molecule has 0 aliphatic rings. The largest absolute Gasteiger partial charge is 0.0990 e. The summed E-state index contributed by atoms with van der Waals surface area (Å²) >= 11 is 0. The molecule has 0 saturated heterocycles. The van der Waals surface area contributed by atoms with Gasteiger partial charge < -0.3 is 0 Å². The molecule has 0 spiro atoms. The van der Waals surface area contributed by atoms with Crippen LogP contribution in [0.25, 0.3) is 16.3 Å². The number of allylic oxidation sites excluding steroid dienone is 5. The molecule has 0 fully saturated rings. The minimum atomic E-state index is 1.19. The maximum atomic E-state index is 3.76. The molecule has 0 heterocycles. The van der Waals surface area contributed by atoms with Gasteiger partial charge in [0.1, 0.15) is 0 Å². The first-order chi connectivity index (χ1) is 8.35. The highest BCUT2D eigenvalue weighted by molar-refractivity contribution is 5.88. The van der Waals surface area contributed by atoms with E-state index in [2.05, 4.69) is 55.1 Å². The number of benzene rings is 2. The van der Waals surface area contributed by atoms with Crippen molar-refractivity contribution in [2.24, 2.45) is 0 Å². The molecule has 2 aromatic carbocycles. The molecule has 0 unspecified atom stereocenters. The fraction of sp³-hybridized carbons (Fsp3) is 0.0588. The lowest BCUT2D eigenvalue weighted by Gasteiger charge is -2.04. The van der Waals surface area contributed by atoms with Crippen LogP contribution in [0.5, 0.6) is 0 Å². The fourth-order valence-electron chi connectivity index (χ4n) is 1.92. The molecule has 0 saturated carbocycles. The van der Waals surface area contributed by atoms with E-state index in [9.17, 15) is 0 Å². The van der Waals surface area contributed by atoms with Crippen LogP contribution in [0.2, 0.25) is 0 Å². The van der Waals surface area contributed by atoms with Gasteiger partial charge in [-0.25, -0.2) is 0 Å². The van der Waals surface area contributed by atoms with Gasteiger partial charge >= 0.3 is 0 Å². The van der Waals surface area contributed by atoms with Crippen molar-refractivity contribution in [1.82, 2.24) is 0 Å². The molecule has 0 radical (unpaired) electrons. The molecule has 2 aromatic rings. The minimum absolute atomic E-state index is 1.19. The zero-order valence-corrected chi connectivity index (χ0v) is 10.1. The predicted octanol–water partition coefficient (Wildman–Crippen LogP) is 4.99. The zero-order valence-electron chi connectivity index (χ0n) is 10.1. The van der Waals surface area contributed by atoms with Gasteiger partial charge in [-0.05, 0) is 34.9 Å². The Morgan fingerprint density at radius 2 is 1.82 bits per heavy atom. The second-order valence-electron chi connectivity index (χ2n) is 3.92. The summed E-state index contributed by atoms with van der Waals surface area (Å²) in [6, 6.07) is 14.9. The molecule has 2 rings (SSSR count). The Hall–Kier alpha value is -2.08. The second-order valence-corrected chi connectivity index (χ2v) is 3.92. The molecule has 0 amide bonds. The van der Waals surface area contributed by atoms with Crippen molar-refractivity contribution >= 4 is 16.3 Å². The molecule has 0 nitrogen and oxygen atoms in total. The average Bonchev–Trinajstić information content (AvgIpc) is 2.38. The van der Waals surface area contributed by atoms with Crippen LogP contribution >= 0.6 is 0 Å². The highest BCUT2D eigenvalue weighted by Gasteiger charge is 1.98. The van der Waals surface area contributed by atoms with Crippen LogP contribution in [0, 0.1) is 0 Å². The summed E-state index contributed by atoms with van der Waals surface area (Å²) in [6.45, 7) is 5.79. The van der Waals surface area contributed by atoms with E-state index in [0.717, 1.165) is 0 Å². The molecule has 0 N–H and O–H groups in total. The molecule has 0 aliphatic carbocycles. The lowest BCUT2D eigenvalue weighted by Crippen LogP contribution is -1.81. The molecule has 0 aromatic heterocycles. The van der Waals surface area contributed by atoms with Crippen LogP contribution in [0.15, 0.2) is 73.3 Å². The summed E-state index contributed by atoms with van der Waals surface area (Å²) in [7, 11) is 0. The van der Waals surface area contributed by atoms with Crippen LogP contribution < -0.4 is 0 Å². The van der Waals surface area contributed by atoms with E-state index < -0.39 is 0 Å². The van der Waals surface area contributed by atoms with Gasteiger partial charge in [0, 0.05) is 0 Å². The lowest BCUT2D eigenvalue weighted by atomic mass is 10.0. The Balaban J connectivity index is 2.54. The van der Waals surface area contributed by atoms with Gasteiger partial charge in [0.15, 0.2) is 0 Å². The first-order valence-electron chi connectivity index (χ1n) is 5.79. The van der Waals surface area contributed by atoms with E-state index >= 15 is 0 Å². The molecule has 0 aliphatic heterocycles. The van der Waals surface area contributed by atoms with Gasteiger partial charge in [-0.2, -0.15) is 0 Å². The molecule has 0 bridgehead atoms. The minimum Gasteiger partial charge on any atom is -0.0990 e. The average molecular weight is 220 g/mol. The van der Waals surface area contributed by atoms with Gasteiger partial charge in [0.2, 0.25) is 0 Å². The topological polar surface area (TPSA) is 0 Å². The van der Waals surface area contributed by atoms with Crippen LogP contribution in [0.1, 0.15) is 12.5 Å². The molecule has 0 atom stereocenters. The van der Waals surface area contributed by atoms with E-state index in [1.54, 1.807) is 0 Å². The Kier molecular flexibility index (Phi) is 3.56. The quantitative estimate of drug-likeness (QED) is 0.639. The van der Waals surface area contributed by atoms with Crippen LogP contribution in [0.4, 0.5) is 0 Å². The monoisotopic (exact) mass is 220 g/mol. The molecule has 0 heteroatoms. The van der Waals surface area contributed by atoms with Crippen molar-refractivity contribution in [2.75, 3.05) is 0 Å². The third-order valence-corrected chi connectivity index (χ3v) is 2.73. The number of hydrogen-bond acceptors (Lipinski definition) is 0. The van der Waals surface area contributed by atoms with Gasteiger partial charge in [0.25, 0.3) is 0 Å². The number of rotatable bonds is 3. The SMILES string of the molecule is C=C/C=C(\C=C/C)c1ccc2ccccc2c1. The first-order valence-corrected chi connectivity index (χ1v) is 5.79. The third kappa shape index (κ3) is 2.54. The third-order valence-electron chi connectivity index (χ3n) is 2.73. The molecule has 84 valence electrons. The normalized spacial score (nSPS) is 12.2. The summed E-state index contributed by atoms with van der Waals surface area (Å²) in [6.07, 6.45) is 8.00. The van der Waals surface area contributed by atoms with Crippen LogP contribution in [-0.2, 0) is 0 Å². The second kappa shape index (κ2) is 5.31. The molecular weight excluding hydrogens is 204 g/mol. The van der Waals surface area contributed by atoms with Gasteiger partial charge in [0.05, 0.1) is 0 Å². The van der Waals surface area contributed by atoms with Crippen molar-refractivity contribution in [3.8, 4) is 0 Å². The molecular formula is C17H16. The van der Waals surface area contributed by atoms with Crippen LogP contribution in [-0.4, -0.2) is 0 Å². The zero-order chi connectivity index (χ0) is 12.1. The smallest absolute Gasteiger partial charge is 0.0178 e. The maximum absolute atomic E-state index is 3.76. The van der Waals surface area contributed by atoms with E-state index in [4.69, 9.17) is 0 Å². The predicted molar refractivity (Wildman–Crippen MR) is 76.9 cm³/mol.